The summed E-state index contributed by atoms with van der Waals surface area (Å²) in [6.45, 7) is 6.45. The van der Waals surface area contributed by atoms with Gasteiger partial charge in [-0.1, -0.05) is 37.3 Å². The maximum absolute atomic E-state index is 5.66. The summed E-state index contributed by atoms with van der Waals surface area (Å²) in [5.74, 6) is 1.61. The molecule has 29 heavy (non-hydrogen) atoms. The minimum atomic E-state index is 0.0560. The highest BCUT2D eigenvalue weighted by molar-refractivity contribution is 5.59. The summed E-state index contributed by atoms with van der Waals surface area (Å²) in [6.07, 6.45) is 2.91. The molecule has 1 aliphatic rings. The molecule has 1 N–H and O–H groups in total. The van der Waals surface area contributed by atoms with Crippen molar-refractivity contribution in [3.63, 3.8) is 0 Å². The Morgan fingerprint density at radius 3 is 2.55 bits per heavy atom. The average Bonchev–Trinajstić information content (AvgIpc) is 3.14. The Balaban J connectivity index is 1.60. The molecule has 1 fully saturated rings. The Bertz CT molecular complexity index is 961. The number of rotatable bonds is 6. The summed E-state index contributed by atoms with van der Waals surface area (Å²) >= 11 is 0. The molecule has 3 heterocycles. The summed E-state index contributed by atoms with van der Waals surface area (Å²) in [6, 6.07) is 14.9. The molecule has 0 bridgehead atoms. The lowest BCUT2D eigenvalue weighted by molar-refractivity contribution is 0.0543. The van der Waals surface area contributed by atoms with E-state index in [9.17, 15) is 0 Å². The van der Waals surface area contributed by atoms with Crippen molar-refractivity contribution in [2.45, 2.75) is 38.5 Å². The molecule has 1 aromatic carbocycles. The van der Waals surface area contributed by atoms with Gasteiger partial charge in [0.2, 0.25) is 0 Å². The number of hydrogen-bond acceptors (Lipinski definition) is 5. The topological polar surface area (TPSA) is 64.9 Å². The standard InChI is InChI=1S/C23H29N5O/c1-4-19-14-21(28(3)27-19)20-15-22(26-17(2)25-20)24-16-23(10-12-29-13-11-23)18-8-6-5-7-9-18/h5-9,14-15H,4,10-13,16H2,1-3H3,(H,24,25,26). The number of nitrogens with zero attached hydrogens (tertiary/aromatic N) is 4. The van der Waals surface area contributed by atoms with E-state index in [0.29, 0.717) is 0 Å². The van der Waals surface area contributed by atoms with Crippen molar-refractivity contribution in [2.24, 2.45) is 7.05 Å². The van der Waals surface area contributed by atoms with E-state index in [1.54, 1.807) is 0 Å². The van der Waals surface area contributed by atoms with Gasteiger partial charge in [-0.2, -0.15) is 5.10 Å². The molecular formula is C23H29N5O. The summed E-state index contributed by atoms with van der Waals surface area (Å²) in [7, 11) is 1.96. The van der Waals surface area contributed by atoms with E-state index in [-0.39, 0.29) is 5.41 Å². The Morgan fingerprint density at radius 2 is 1.86 bits per heavy atom. The molecule has 0 spiro atoms. The van der Waals surface area contributed by atoms with E-state index >= 15 is 0 Å². The molecular weight excluding hydrogens is 362 g/mol. The van der Waals surface area contributed by atoms with Gasteiger partial charge in [-0.25, -0.2) is 9.97 Å². The number of aromatic nitrogens is 4. The van der Waals surface area contributed by atoms with E-state index in [4.69, 9.17) is 4.74 Å². The van der Waals surface area contributed by atoms with Crippen LogP contribution in [0.2, 0.25) is 0 Å². The molecule has 6 nitrogen and oxygen atoms in total. The summed E-state index contributed by atoms with van der Waals surface area (Å²) in [5, 5.41) is 8.17. The van der Waals surface area contributed by atoms with E-state index in [1.807, 2.05) is 24.7 Å². The molecule has 1 aliphatic heterocycles. The van der Waals surface area contributed by atoms with Gasteiger partial charge in [0.25, 0.3) is 0 Å². The Morgan fingerprint density at radius 1 is 1.10 bits per heavy atom. The zero-order chi connectivity index (χ0) is 20.3. The third-order valence-electron chi connectivity index (χ3n) is 5.84. The fourth-order valence-electron chi connectivity index (χ4n) is 4.11. The first-order valence-corrected chi connectivity index (χ1v) is 10.4. The lowest BCUT2D eigenvalue weighted by Crippen LogP contribution is -2.40. The predicted molar refractivity (Wildman–Crippen MR) is 115 cm³/mol. The van der Waals surface area contributed by atoms with Gasteiger partial charge in [0.05, 0.1) is 17.1 Å². The molecule has 0 saturated carbocycles. The van der Waals surface area contributed by atoms with Gasteiger partial charge < -0.3 is 10.1 Å². The van der Waals surface area contributed by atoms with Crippen LogP contribution in [0.3, 0.4) is 0 Å². The highest BCUT2D eigenvalue weighted by atomic mass is 16.5. The number of aryl methyl sites for hydroxylation is 3. The molecule has 4 rings (SSSR count). The van der Waals surface area contributed by atoms with Crippen LogP contribution in [0.4, 0.5) is 5.82 Å². The minimum Gasteiger partial charge on any atom is -0.381 e. The van der Waals surface area contributed by atoms with Crippen LogP contribution in [-0.4, -0.2) is 39.5 Å². The van der Waals surface area contributed by atoms with Gasteiger partial charge in [0.1, 0.15) is 11.6 Å². The molecule has 0 atom stereocenters. The minimum absolute atomic E-state index is 0.0560. The first-order chi connectivity index (χ1) is 14.1. The molecule has 0 aliphatic carbocycles. The zero-order valence-electron chi connectivity index (χ0n) is 17.5. The number of ether oxygens (including phenoxy) is 1. The first-order valence-electron chi connectivity index (χ1n) is 10.4. The van der Waals surface area contributed by atoms with Gasteiger partial charge in [-0.3, -0.25) is 4.68 Å². The van der Waals surface area contributed by atoms with Crippen LogP contribution in [0.25, 0.3) is 11.4 Å². The third-order valence-corrected chi connectivity index (χ3v) is 5.84. The molecule has 2 aromatic heterocycles. The molecule has 0 radical (unpaired) electrons. The SMILES string of the molecule is CCc1cc(-c2cc(NCC3(c4ccccc4)CCOCC3)nc(C)n2)n(C)n1. The summed E-state index contributed by atoms with van der Waals surface area (Å²) < 4.78 is 7.55. The molecule has 0 amide bonds. The second-order valence-corrected chi connectivity index (χ2v) is 7.80. The van der Waals surface area contributed by atoms with Crippen LogP contribution < -0.4 is 5.32 Å². The maximum atomic E-state index is 5.66. The van der Waals surface area contributed by atoms with E-state index in [2.05, 4.69) is 63.7 Å². The number of nitrogens with one attached hydrogen (secondary N) is 1. The molecule has 0 unspecified atom stereocenters. The number of hydrogen-bond donors (Lipinski definition) is 1. The van der Waals surface area contributed by atoms with Gasteiger partial charge in [-0.15, -0.1) is 0 Å². The van der Waals surface area contributed by atoms with Gasteiger partial charge in [-0.05, 0) is 37.8 Å². The predicted octanol–water partition coefficient (Wildman–Crippen LogP) is 3.91. The number of anilines is 1. The molecule has 6 heteroatoms. The van der Waals surface area contributed by atoms with E-state index in [0.717, 1.165) is 67.7 Å². The van der Waals surface area contributed by atoms with Gasteiger partial charge in [0.15, 0.2) is 0 Å². The van der Waals surface area contributed by atoms with Crippen molar-refractivity contribution in [1.29, 1.82) is 0 Å². The van der Waals surface area contributed by atoms with Crippen LogP contribution in [0, 0.1) is 6.92 Å². The average molecular weight is 392 g/mol. The maximum Gasteiger partial charge on any atom is 0.130 e. The zero-order valence-corrected chi connectivity index (χ0v) is 17.5. The lowest BCUT2D eigenvalue weighted by atomic mass is 9.74. The third kappa shape index (κ3) is 4.17. The molecule has 152 valence electrons. The second-order valence-electron chi connectivity index (χ2n) is 7.80. The van der Waals surface area contributed by atoms with Crippen LogP contribution in [0.15, 0.2) is 42.5 Å². The highest BCUT2D eigenvalue weighted by Crippen LogP contribution is 2.35. The normalized spacial score (nSPS) is 16.0. The van der Waals surface area contributed by atoms with Crippen LogP contribution in [-0.2, 0) is 23.6 Å². The van der Waals surface area contributed by atoms with Gasteiger partial charge in [0, 0.05) is 38.3 Å². The largest absolute Gasteiger partial charge is 0.381 e. The van der Waals surface area contributed by atoms with Crippen molar-refractivity contribution in [3.05, 3.63) is 59.5 Å². The van der Waals surface area contributed by atoms with Crippen molar-refractivity contribution in [1.82, 2.24) is 19.7 Å². The highest BCUT2D eigenvalue weighted by Gasteiger charge is 2.34. The van der Waals surface area contributed by atoms with Gasteiger partial charge >= 0.3 is 0 Å². The van der Waals surface area contributed by atoms with Crippen LogP contribution in [0.1, 0.15) is 36.8 Å². The monoisotopic (exact) mass is 391 g/mol. The lowest BCUT2D eigenvalue weighted by Gasteiger charge is -2.38. The Hall–Kier alpha value is -2.73. The second kappa shape index (κ2) is 8.33. The Labute approximate surface area is 172 Å². The van der Waals surface area contributed by atoms with Crippen molar-refractivity contribution >= 4 is 5.82 Å². The fourth-order valence-corrected chi connectivity index (χ4v) is 4.11. The fraction of sp³-hybridized carbons (Fsp3) is 0.435. The molecule has 3 aromatic rings. The van der Waals surface area contributed by atoms with E-state index < -0.39 is 0 Å². The van der Waals surface area contributed by atoms with Crippen molar-refractivity contribution in [2.75, 3.05) is 25.1 Å². The van der Waals surface area contributed by atoms with Crippen molar-refractivity contribution in [3.8, 4) is 11.4 Å². The summed E-state index contributed by atoms with van der Waals surface area (Å²) in [4.78, 5) is 9.29. The molecule has 1 saturated heterocycles. The quantitative estimate of drug-likeness (QED) is 0.690. The number of benzene rings is 1. The van der Waals surface area contributed by atoms with Crippen LogP contribution in [0.5, 0.6) is 0 Å². The smallest absolute Gasteiger partial charge is 0.130 e. The van der Waals surface area contributed by atoms with Crippen LogP contribution >= 0.6 is 0 Å². The first kappa shape index (κ1) is 19.6. The Kier molecular flexibility index (Phi) is 5.62. The van der Waals surface area contributed by atoms with E-state index in [1.165, 1.54) is 5.56 Å². The van der Waals surface area contributed by atoms with Crippen molar-refractivity contribution < 1.29 is 4.74 Å². The summed E-state index contributed by atoms with van der Waals surface area (Å²) in [5.41, 5.74) is 4.40.